The van der Waals surface area contributed by atoms with Gasteiger partial charge in [-0.3, -0.25) is 0 Å². The monoisotopic (exact) mass is 207 g/mol. The largest absolute Gasteiger partial charge is 0.495 e. The van der Waals surface area contributed by atoms with Crippen LogP contribution in [-0.2, 0) is 0 Å². The molecule has 2 nitrogen and oxygen atoms in total. The van der Waals surface area contributed by atoms with E-state index in [0.29, 0.717) is 5.69 Å². The van der Waals surface area contributed by atoms with Gasteiger partial charge in [-0.05, 0) is 18.2 Å². The maximum Gasteiger partial charge on any atom is 0.134 e. The third-order valence-electron chi connectivity index (χ3n) is 1.68. The smallest absolute Gasteiger partial charge is 0.134 e. The van der Waals surface area contributed by atoms with Gasteiger partial charge in [0.1, 0.15) is 5.75 Å². The molecule has 0 spiro atoms. The molecule has 74 valence electrons. The van der Waals surface area contributed by atoms with Gasteiger partial charge in [-0.25, -0.2) is 0 Å². The van der Waals surface area contributed by atoms with Crippen LogP contribution in [0.4, 0.5) is 5.69 Å². The molecule has 14 heavy (non-hydrogen) atoms. The average molecular weight is 207 g/mol. The Morgan fingerprint density at radius 2 is 2.29 bits per heavy atom. The highest BCUT2D eigenvalue weighted by Gasteiger charge is 1.98. The number of methoxy groups -OCH3 is 1. The van der Waals surface area contributed by atoms with E-state index in [0.717, 1.165) is 23.5 Å². The van der Waals surface area contributed by atoms with Gasteiger partial charge in [-0.1, -0.05) is 11.8 Å². The molecular formula is C11H13NOS. The molecule has 0 heterocycles. The number of nitrogens with two attached hydrogens (primary N) is 1. The van der Waals surface area contributed by atoms with Gasteiger partial charge in [-0.2, -0.15) is 12.6 Å². The quantitative estimate of drug-likeness (QED) is 0.441. The van der Waals surface area contributed by atoms with Crippen LogP contribution in [0, 0.1) is 11.8 Å². The molecule has 3 heteroatoms. The molecule has 1 aromatic rings. The minimum absolute atomic E-state index is 0.695. The molecule has 0 fully saturated rings. The summed E-state index contributed by atoms with van der Waals surface area (Å²) in [6, 6.07) is 5.42. The van der Waals surface area contributed by atoms with Crippen LogP contribution in [0.5, 0.6) is 5.75 Å². The molecule has 0 aromatic heterocycles. The summed E-state index contributed by atoms with van der Waals surface area (Å²) in [5.41, 5.74) is 7.17. The van der Waals surface area contributed by atoms with Crippen molar-refractivity contribution in [3.63, 3.8) is 0 Å². The SMILES string of the molecule is COc1ccc(N)cc1C#CCCS. The molecular weight excluding hydrogens is 194 g/mol. The lowest BCUT2D eigenvalue weighted by Crippen LogP contribution is -1.91. The molecule has 0 aliphatic carbocycles. The van der Waals surface area contributed by atoms with Crippen molar-refractivity contribution in [3.05, 3.63) is 23.8 Å². The zero-order chi connectivity index (χ0) is 10.4. The van der Waals surface area contributed by atoms with E-state index in [9.17, 15) is 0 Å². The van der Waals surface area contributed by atoms with Crippen LogP contribution >= 0.6 is 12.6 Å². The zero-order valence-corrected chi connectivity index (χ0v) is 8.97. The number of thiol groups is 1. The molecule has 0 amide bonds. The highest BCUT2D eigenvalue weighted by molar-refractivity contribution is 7.80. The minimum Gasteiger partial charge on any atom is -0.495 e. The van der Waals surface area contributed by atoms with Crippen molar-refractivity contribution in [1.82, 2.24) is 0 Å². The third-order valence-corrected chi connectivity index (χ3v) is 1.91. The van der Waals surface area contributed by atoms with E-state index in [1.807, 2.05) is 12.1 Å². The summed E-state index contributed by atoms with van der Waals surface area (Å²) in [6.45, 7) is 0. The summed E-state index contributed by atoms with van der Waals surface area (Å²) in [6.07, 6.45) is 0.765. The Morgan fingerprint density at radius 1 is 1.50 bits per heavy atom. The van der Waals surface area contributed by atoms with Gasteiger partial charge >= 0.3 is 0 Å². The lowest BCUT2D eigenvalue weighted by atomic mass is 10.2. The Kier molecular flexibility index (Phi) is 4.21. The maximum atomic E-state index is 5.65. The molecule has 1 rings (SSSR count). The van der Waals surface area contributed by atoms with E-state index in [-0.39, 0.29) is 0 Å². The molecule has 0 aliphatic heterocycles. The first-order valence-corrected chi connectivity index (χ1v) is 4.94. The zero-order valence-electron chi connectivity index (χ0n) is 8.08. The first kappa shape index (κ1) is 10.8. The van der Waals surface area contributed by atoms with Crippen LogP contribution in [0.15, 0.2) is 18.2 Å². The van der Waals surface area contributed by atoms with E-state index in [1.54, 1.807) is 13.2 Å². The second-order valence-corrected chi connectivity index (χ2v) is 3.18. The van der Waals surface area contributed by atoms with E-state index in [4.69, 9.17) is 10.5 Å². The van der Waals surface area contributed by atoms with Gasteiger partial charge in [0.2, 0.25) is 0 Å². The van der Waals surface area contributed by atoms with E-state index in [1.165, 1.54) is 0 Å². The summed E-state index contributed by atoms with van der Waals surface area (Å²) in [4.78, 5) is 0. The van der Waals surface area contributed by atoms with E-state index in [2.05, 4.69) is 24.5 Å². The Morgan fingerprint density at radius 3 is 2.93 bits per heavy atom. The fourth-order valence-electron chi connectivity index (χ4n) is 1.04. The van der Waals surface area contributed by atoms with Crippen LogP contribution in [0.1, 0.15) is 12.0 Å². The first-order chi connectivity index (χ1) is 6.77. The average Bonchev–Trinajstić information content (AvgIpc) is 2.19. The first-order valence-electron chi connectivity index (χ1n) is 4.31. The standard InChI is InChI=1S/C11H13NOS/c1-13-11-6-5-10(12)8-9(11)4-2-3-7-14/h5-6,8,14H,3,7,12H2,1H3. The van der Waals surface area contributed by atoms with Gasteiger partial charge in [0.05, 0.1) is 12.7 Å². The molecule has 0 radical (unpaired) electrons. The Hall–Kier alpha value is -1.27. The van der Waals surface area contributed by atoms with Crippen LogP contribution in [-0.4, -0.2) is 12.9 Å². The number of ether oxygens (including phenoxy) is 1. The third kappa shape index (κ3) is 2.90. The van der Waals surface area contributed by atoms with Crippen molar-refractivity contribution in [1.29, 1.82) is 0 Å². The molecule has 0 atom stereocenters. The van der Waals surface area contributed by atoms with Gasteiger partial charge in [0.25, 0.3) is 0 Å². The van der Waals surface area contributed by atoms with Crippen molar-refractivity contribution in [2.45, 2.75) is 6.42 Å². The number of hydrogen-bond donors (Lipinski definition) is 2. The van der Waals surface area contributed by atoms with Gasteiger partial charge in [0, 0.05) is 17.9 Å². The fourth-order valence-corrected chi connectivity index (χ4v) is 1.15. The summed E-state index contributed by atoms with van der Waals surface area (Å²) in [5.74, 6) is 7.51. The van der Waals surface area contributed by atoms with Crippen LogP contribution in [0.3, 0.4) is 0 Å². The highest BCUT2D eigenvalue weighted by atomic mass is 32.1. The predicted octanol–water partition coefficient (Wildman–Crippen LogP) is 1.95. The summed E-state index contributed by atoms with van der Waals surface area (Å²) in [5, 5.41) is 0. The lowest BCUT2D eigenvalue weighted by molar-refractivity contribution is 0.413. The number of anilines is 1. The molecule has 0 unspecified atom stereocenters. The van der Waals surface area contributed by atoms with Crippen LogP contribution in [0.2, 0.25) is 0 Å². The Labute approximate surface area is 89.9 Å². The van der Waals surface area contributed by atoms with Gasteiger partial charge in [0.15, 0.2) is 0 Å². The number of hydrogen-bond acceptors (Lipinski definition) is 3. The molecule has 0 aliphatic rings. The second kappa shape index (κ2) is 5.46. The summed E-state index contributed by atoms with van der Waals surface area (Å²) >= 11 is 4.08. The molecule has 1 aromatic carbocycles. The predicted molar refractivity (Wildman–Crippen MR) is 62.8 cm³/mol. The molecule has 0 saturated carbocycles. The highest BCUT2D eigenvalue weighted by Crippen LogP contribution is 2.19. The second-order valence-electron chi connectivity index (χ2n) is 2.74. The summed E-state index contributed by atoms with van der Waals surface area (Å²) < 4.78 is 5.15. The minimum atomic E-state index is 0.695. The summed E-state index contributed by atoms with van der Waals surface area (Å²) in [7, 11) is 1.62. The number of rotatable bonds is 2. The van der Waals surface area contributed by atoms with Crippen molar-refractivity contribution < 1.29 is 4.74 Å². The van der Waals surface area contributed by atoms with Crippen LogP contribution < -0.4 is 10.5 Å². The van der Waals surface area contributed by atoms with Gasteiger partial charge < -0.3 is 10.5 Å². The Balaban J connectivity index is 2.94. The normalized spacial score (nSPS) is 9.00. The van der Waals surface area contributed by atoms with Gasteiger partial charge in [-0.15, -0.1) is 0 Å². The van der Waals surface area contributed by atoms with Crippen molar-refractivity contribution in [2.75, 3.05) is 18.6 Å². The van der Waals surface area contributed by atoms with E-state index >= 15 is 0 Å². The maximum absolute atomic E-state index is 5.65. The van der Waals surface area contributed by atoms with E-state index < -0.39 is 0 Å². The fraction of sp³-hybridized carbons (Fsp3) is 0.273. The topological polar surface area (TPSA) is 35.2 Å². The van der Waals surface area contributed by atoms with Crippen LogP contribution in [0.25, 0.3) is 0 Å². The number of benzene rings is 1. The molecule has 2 N–H and O–H groups in total. The van der Waals surface area contributed by atoms with Crippen molar-refractivity contribution in [3.8, 4) is 17.6 Å². The molecule has 0 saturated heterocycles. The number of nitrogen functional groups attached to an aromatic ring is 1. The Bertz CT molecular complexity index is 365. The van der Waals surface area contributed by atoms with Crippen molar-refractivity contribution in [2.24, 2.45) is 0 Å². The van der Waals surface area contributed by atoms with Crippen molar-refractivity contribution >= 4 is 18.3 Å². The molecule has 0 bridgehead atoms. The lowest BCUT2D eigenvalue weighted by Gasteiger charge is -2.03.